The van der Waals surface area contributed by atoms with E-state index in [0.29, 0.717) is 58.9 Å². The molecule has 0 saturated carbocycles. The SMILES string of the molecule is Cc1c(-c2nc3cc(CN4CCC[C@H]4C(=O)O)c(OC(F)F)cc3o2)cccc1-c1cccc(-c2nc3cc(CN4CCN(C)CC4)cc(C#N)c3o2)c1C. The number of nitriles is 1. The maximum absolute atomic E-state index is 13.5. The number of piperazine rings is 1. The normalized spacial score (nSPS) is 17.1. The minimum Gasteiger partial charge on any atom is -0.480 e. The van der Waals surface area contributed by atoms with E-state index in [2.05, 4.69) is 22.9 Å². The zero-order valence-electron chi connectivity index (χ0n) is 30.8. The van der Waals surface area contributed by atoms with Gasteiger partial charge < -0.3 is 23.6 Å². The van der Waals surface area contributed by atoms with Crippen LogP contribution in [-0.2, 0) is 17.9 Å². The zero-order chi connectivity index (χ0) is 38.4. The number of carboxylic acids is 1. The van der Waals surface area contributed by atoms with Crippen molar-refractivity contribution < 1.29 is 32.3 Å². The highest BCUT2D eigenvalue weighted by Crippen LogP contribution is 2.39. The molecule has 11 nitrogen and oxygen atoms in total. The Balaban J connectivity index is 1.12. The number of aromatic nitrogens is 2. The molecule has 6 aromatic rings. The first-order chi connectivity index (χ1) is 26.6. The third kappa shape index (κ3) is 7.16. The summed E-state index contributed by atoms with van der Waals surface area (Å²) in [5.74, 6) is -0.283. The number of alkyl halides is 2. The first-order valence-electron chi connectivity index (χ1n) is 18.4. The molecule has 4 heterocycles. The lowest BCUT2D eigenvalue weighted by atomic mass is 9.91. The van der Waals surface area contributed by atoms with Gasteiger partial charge in [0.25, 0.3) is 0 Å². The molecule has 1 atom stereocenters. The fourth-order valence-electron chi connectivity index (χ4n) is 7.92. The number of halogens is 2. The standard InChI is InChI=1S/C42H40F2N6O5/c1-24-29(7-4-9-31(24)39-46-33-19-28(23-50-12-6-11-35(50)41(51)52)36(54-42(43)44)20-37(33)53-39)30-8-5-10-32(25(30)2)40-47-34-18-26(17-27(21-45)38(34)55-40)22-49-15-13-48(3)14-16-49/h4-5,7-10,17-20,35,42H,6,11-16,22-23H2,1-3H3,(H,51,52)/t35-/m0/s1. The van der Waals surface area contributed by atoms with Crippen molar-refractivity contribution in [1.82, 2.24) is 24.7 Å². The quantitative estimate of drug-likeness (QED) is 0.147. The van der Waals surface area contributed by atoms with E-state index in [-0.39, 0.29) is 17.9 Å². The summed E-state index contributed by atoms with van der Waals surface area (Å²) < 4.78 is 44.4. The van der Waals surface area contributed by atoms with Crippen LogP contribution < -0.4 is 4.74 Å². The number of benzene rings is 4. The molecular formula is C42H40F2N6O5. The first-order valence-corrected chi connectivity index (χ1v) is 18.4. The molecule has 0 unspecified atom stereocenters. The largest absolute Gasteiger partial charge is 0.480 e. The number of carbonyl (C=O) groups is 1. The lowest BCUT2D eigenvalue weighted by Gasteiger charge is -2.32. The van der Waals surface area contributed by atoms with Gasteiger partial charge in [0, 0.05) is 62.0 Å². The van der Waals surface area contributed by atoms with E-state index in [0.717, 1.165) is 71.7 Å². The lowest BCUT2D eigenvalue weighted by Crippen LogP contribution is -2.43. The van der Waals surface area contributed by atoms with E-state index in [4.69, 9.17) is 23.5 Å². The number of rotatable bonds is 10. The van der Waals surface area contributed by atoms with Crippen LogP contribution in [0.25, 0.3) is 56.2 Å². The van der Waals surface area contributed by atoms with Gasteiger partial charge in [0.15, 0.2) is 11.2 Å². The highest BCUT2D eigenvalue weighted by Gasteiger charge is 2.31. The van der Waals surface area contributed by atoms with Crippen molar-refractivity contribution >= 4 is 28.2 Å². The summed E-state index contributed by atoms with van der Waals surface area (Å²) in [5, 5.41) is 19.7. The van der Waals surface area contributed by atoms with Crippen LogP contribution in [0, 0.1) is 25.2 Å². The third-order valence-electron chi connectivity index (χ3n) is 10.9. The van der Waals surface area contributed by atoms with Crippen LogP contribution in [0.4, 0.5) is 8.78 Å². The van der Waals surface area contributed by atoms with Crippen LogP contribution in [0.1, 0.15) is 40.7 Å². The second-order valence-electron chi connectivity index (χ2n) is 14.5. The highest BCUT2D eigenvalue weighted by atomic mass is 19.3. The fourth-order valence-corrected chi connectivity index (χ4v) is 7.92. The molecule has 0 radical (unpaired) electrons. The predicted octanol–water partition coefficient (Wildman–Crippen LogP) is 7.86. The Kier molecular flexibility index (Phi) is 9.81. The van der Waals surface area contributed by atoms with Gasteiger partial charge in [0.1, 0.15) is 28.9 Å². The summed E-state index contributed by atoms with van der Waals surface area (Å²) in [4.78, 5) is 27.9. The number of likely N-dealkylation sites (N-methyl/N-ethyl adjacent to an activating group) is 1. The van der Waals surface area contributed by atoms with Gasteiger partial charge in [-0.1, -0.05) is 24.3 Å². The average Bonchev–Trinajstić information content (AvgIpc) is 3.91. The number of carboxylic acid groups (broad SMARTS) is 1. The third-order valence-corrected chi connectivity index (χ3v) is 10.9. The van der Waals surface area contributed by atoms with Crippen molar-refractivity contribution in [3.05, 3.63) is 88.5 Å². The van der Waals surface area contributed by atoms with Gasteiger partial charge in [0.05, 0.1) is 5.56 Å². The number of aliphatic carboxylic acids is 1. The van der Waals surface area contributed by atoms with Gasteiger partial charge >= 0.3 is 12.6 Å². The highest BCUT2D eigenvalue weighted by molar-refractivity contribution is 5.86. The molecule has 0 aliphatic carbocycles. The Morgan fingerprint density at radius 3 is 2.22 bits per heavy atom. The van der Waals surface area contributed by atoms with Crippen LogP contribution in [0.3, 0.4) is 0 Å². The molecule has 0 amide bonds. The minimum atomic E-state index is -3.07. The fraction of sp³-hybridized carbons (Fsp3) is 0.333. The molecule has 8 rings (SSSR count). The van der Waals surface area contributed by atoms with Crippen molar-refractivity contribution in [2.45, 2.75) is 52.4 Å². The Hall–Kier alpha value is -5.68. The van der Waals surface area contributed by atoms with Gasteiger partial charge in [-0.25, -0.2) is 9.97 Å². The van der Waals surface area contributed by atoms with Gasteiger partial charge in [-0.2, -0.15) is 14.0 Å². The second-order valence-corrected chi connectivity index (χ2v) is 14.5. The molecule has 2 aromatic heterocycles. The molecule has 2 fully saturated rings. The molecule has 0 bridgehead atoms. The summed E-state index contributed by atoms with van der Waals surface area (Å²) in [6, 6.07) is 20.3. The summed E-state index contributed by atoms with van der Waals surface area (Å²) in [7, 11) is 2.13. The van der Waals surface area contributed by atoms with Crippen LogP contribution in [0.5, 0.6) is 5.75 Å². The van der Waals surface area contributed by atoms with Crippen molar-refractivity contribution in [2.75, 3.05) is 39.8 Å². The van der Waals surface area contributed by atoms with E-state index in [1.54, 1.807) is 11.0 Å². The van der Waals surface area contributed by atoms with E-state index in [1.165, 1.54) is 6.07 Å². The predicted molar refractivity (Wildman–Crippen MR) is 203 cm³/mol. The number of fused-ring (bicyclic) bond motifs is 2. The molecule has 2 saturated heterocycles. The molecule has 2 aliphatic heterocycles. The van der Waals surface area contributed by atoms with E-state index in [1.807, 2.05) is 62.4 Å². The maximum Gasteiger partial charge on any atom is 0.387 e. The Labute approximate surface area is 316 Å². The first kappa shape index (κ1) is 36.3. The summed E-state index contributed by atoms with van der Waals surface area (Å²) in [5.41, 5.74) is 8.92. The van der Waals surface area contributed by atoms with E-state index >= 15 is 0 Å². The van der Waals surface area contributed by atoms with Crippen molar-refractivity contribution in [3.63, 3.8) is 0 Å². The maximum atomic E-state index is 13.5. The molecule has 55 heavy (non-hydrogen) atoms. The molecule has 1 N–H and O–H groups in total. The van der Waals surface area contributed by atoms with Gasteiger partial charge in [-0.15, -0.1) is 0 Å². The topological polar surface area (TPSA) is 132 Å². The number of nitrogens with zero attached hydrogens (tertiary/aromatic N) is 6. The average molecular weight is 747 g/mol. The number of likely N-dealkylation sites (tertiary alicyclic amines) is 1. The zero-order valence-corrected chi connectivity index (χ0v) is 30.8. The van der Waals surface area contributed by atoms with Gasteiger partial charge in [0.2, 0.25) is 11.8 Å². The minimum absolute atomic E-state index is 0.0773. The molecule has 282 valence electrons. The van der Waals surface area contributed by atoms with E-state index in [9.17, 15) is 23.9 Å². The number of oxazole rings is 2. The van der Waals surface area contributed by atoms with E-state index < -0.39 is 18.6 Å². The number of hydrogen-bond acceptors (Lipinski definition) is 10. The molecule has 2 aliphatic rings. The number of hydrogen-bond donors (Lipinski definition) is 1. The number of ether oxygens (including phenoxy) is 1. The van der Waals surface area contributed by atoms with Crippen LogP contribution >= 0.6 is 0 Å². The van der Waals surface area contributed by atoms with Crippen molar-refractivity contribution in [1.29, 1.82) is 5.26 Å². The van der Waals surface area contributed by atoms with Crippen LogP contribution in [0.15, 0.2) is 69.5 Å². The van der Waals surface area contributed by atoms with Gasteiger partial charge in [-0.05, 0) is 98.4 Å². The van der Waals surface area contributed by atoms with Crippen LogP contribution in [-0.4, -0.2) is 88.2 Å². The summed E-state index contributed by atoms with van der Waals surface area (Å²) in [6.45, 7) is 6.25. The smallest absolute Gasteiger partial charge is 0.387 e. The Morgan fingerprint density at radius 1 is 0.909 bits per heavy atom. The molecule has 13 heteroatoms. The summed E-state index contributed by atoms with van der Waals surface area (Å²) in [6.07, 6.45) is 1.19. The monoisotopic (exact) mass is 746 g/mol. The lowest BCUT2D eigenvalue weighted by molar-refractivity contribution is -0.142. The Bertz CT molecular complexity index is 2460. The second kappa shape index (κ2) is 14.9. The van der Waals surface area contributed by atoms with Crippen molar-refractivity contribution in [3.8, 4) is 45.9 Å². The van der Waals surface area contributed by atoms with Crippen molar-refractivity contribution in [2.24, 2.45) is 0 Å². The van der Waals surface area contributed by atoms with Crippen LogP contribution in [0.2, 0.25) is 0 Å². The molecule has 0 spiro atoms. The molecule has 4 aromatic carbocycles. The Morgan fingerprint density at radius 2 is 1.56 bits per heavy atom. The van der Waals surface area contributed by atoms with Gasteiger partial charge in [-0.3, -0.25) is 14.6 Å². The molecular weight excluding hydrogens is 706 g/mol. The summed E-state index contributed by atoms with van der Waals surface area (Å²) >= 11 is 0.